The molecule has 0 aliphatic rings. The minimum atomic E-state index is 0.300. The van der Waals surface area contributed by atoms with Gasteiger partial charge in [0.15, 0.2) is 0 Å². The number of aromatic nitrogens is 1. The van der Waals surface area contributed by atoms with Gasteiger partial charge in [-0.15, -0.1) is 0 Å². The Hall–Kier alpha value is -0.190. The van der Waals surface area contributed by atoms with Crippen LogP contribution in [0, 0.1) is 0 Å². The molecule has 72 valence electrons. The van der Waals surface area contributed by atoms with Gasteiger partial charge >= 0.3 is 0 Å². The minimum Gasteiger partial charge on any atom is -0.396 e. The van der Waals surface area contributed by atoms with E-state index in [0.717, 1.165) is 23.6 Å². The van der Waals surface area contributed by atoms with Gasteiger partial charge in [-0.25, -0.2) is 4.98 Å². The quantitative estimate of drug-likeness (QED) is 0.584. The molecular weight excluding hydrogens is 202 g/mol. The number of rotatable bonds is 6. The highest BCUT2D eigenvalue weighted by atomic mass is 33.1. The summed E-state index contributed by atoms with van der Waals surface area (Å²) in [6.45, 7) is 0.300. The molecule has 0 unspecified atom stereocenters. The molecule has 0 spiro atoms. The predicted molar refractivity (Wildman–Crippen MR) is 58.9 cm³/mol. The lowest BCUT2D eigenvalue weighted by Crippen LogP contribution is -1.83. The van der Waals surface area contributed by atoms with E-state index in [2.05, 4.69) is 4.98 Å². The van der Waals surface area contributed by atoms with Gasteiger partial charge in [-0.2, -0.15) is 0 Å². The lowest BCUT2D eigenvalue weighted by atomic mass is 10.4. The van der Waals surface area contributed by atoms with Crippen LogP contribution in [0.5, 0.6) is 0 Å². The molecule has 0 amide bonds. The van der Waals surface area contributed by atoms with Gasteiger partial charge in [-0.3, -0.25) is 0 Å². The van der Waals surface area contributed by atoms with Crippen molar-refractivity contribution in [3.8, 4) is 0 Å². The zero-order valence-corrected chi connectivity index (χ0v) is 8.98. The van der Waals surface area contributed by atoms with Crippen LogP contribution < -0.4 is 0 Å². The van der Waals surface area contributed by atoms with Crippen LogP contribution >= 0.6 is 21.6 Å². The average Bonchev–Trinajstić information content (AvgIpc) is 2.19. The zero-order chi connectivity index (χ0) is 9.36. The number of hydrogen-bond donors (Lipinski definition) is 1. The van der Waals surface area contributed by atoms with Crippen molar-refractivity contribution in [2.24, 2.45) is 0 Å². The van der Waals surface area contributed by atoms with Crippen molar-refractivity contribution in [2.75, 3.05) is 12.4 Å². The lowest BCUT2D eigenvalue weighted by Gasteiger charge is -1.98. The van der Waals surface area contributed by atoms with Crippen molar-refractivity contribution in [3.05, 3.63) is 24.4 Å². The van der Waals surface area contributed by atoms with Crippen molar-refractivity contribution in [3.63, 3.8) is 0 Å². The highest BCUT2D eigenvalue weighted by Gasteiger charge is 1.94. The molecule has 2 nitrogen and oxygen atoms in total. The maximum Gasteiger partial charge on any atom is 0.106 e. The van der Waals surface area contributed by atoms with Crippen LogP contribution in [0.25, 0.3) is 0 Å². The van der Waals surface area contributed by atoms with E-state index >= 15 is 0 Å². The molecule has 1 heterocycles. The second-order valence-electron chi connectivity index (χ2n) is 2.50. The number of hydrogen-bond acceptors (Lipinski definition) is 4. The lowest BCUT2D eigenvalue weighted by molar-refractivity contribution is 0.287. The number of aliphatic hydroxyl groups excluding tert-OH is 1. The Morgan fingerprint density at radius 1 is 1.31 bits per heavy atom. The van der Waals surface area contributed by atoms with E-state index in [1.54, 1.807) is 27.8 Å². The van der Waals surface area contributed by atoms with Gasteiger partial charge in [0.1, 0.15) is 5.03 Å². The summed E-state index contributed by atoms with van der Waals surface area (Å²) in [6.07, 6.45) is 3.77. The molecule has 0 saturated carbocycles. The topological polar surface area (TPSA) is 33.1 Å². The van der Waals surface area contributed by atoms with Gasteiger partial charge in [0, 0.05) is 18.6 Å². The predicted octanol–water partition coefficient (Wildman–Crippen LogP) is 2.59. The van der Waals surface area contributed by atoms with Crippen molar-refractivity contribution in [1.29, 1.82) is 0 Å². The second kappa shape index (κ2) is 7.24. The zero-order valence-electron chi connectivity index (χ0n) is 7.35. The number of nitrogens with zero attached hydrogens (tertiary/aromatic N) is 1. The van der Waals surface area contributed by atoms with Gasteiger partial charge < -0.3 is 5.11 Å². The molecule has 0 atom stereocenters. The van der Waals surface area contributed by atoms with Gasteiger partial charge in [-0.1, -0.05) is 16.9 Å². The van der Waals surface area contributed by atoms with Crippen molar-refractivity contribution in [2.45, 2.75) is 17.9 Å². The Balaban J connectivity index is 2.07. The molecule has 0 bridgehead atoms. The average molecular weight is 215 g/mol. The highest BCUT2D eigenvalue weighted by Crippen LogP contribution is 2.29. The first kappa shape index (κ1) is 10.9. The summed E-state index contributed by atoms with van der Waals surface area (Å²) >= 11 is 0. The summed E-state index contributed by atoms with van der Waals surface area (Å²) in [5, 5.41) is 9.61. The van der Waals surface area contributed by atoms with Crippen LogP contribution in [-0.4, -0.2) is 22.5 Å². The Kier molecular flexibility index (Phi) is 6.06. The van der Waals surface area contributed by atoms with Gasteiger partial charge in [0.25, 0.3) is 0 Å². The molecule has 0 fully saturated rings. The molecular formula is C9H13NOS2. The highest BCUT2D eigenvalue weighted by molar-refractivity contribution is 8.76. The van der Waals surface area contributed by atoms with E-state index in [-0.39, 0.29) is 0 Å². The van der Waals surface area contributed by atoms with Crippen LogP contribution in [0.1, 0.15) is 12.8 Å². The van der Waals surface area contributed by atoms with E-state index < -0.39 is 0 Å². The minimum absolute atomic E-state index is 0.300. The van der Waals surface area contributed by atoms with Crippen molar-refractivity contribution >= 4 is 21.6 Å². The maximum absolute atomic E-state index is 8.55. The fourth-order valence-corrected chi connectivity index (χ4v) is 2.80. The third-order valence-corrected chi connectivity index (χ3v) is 3.77. The summed E-state index contributed by atoms with van der Waals surface area (Å²) in [4.78, 5) is 4.19. The molecule has 1 aromatic rings. The first-order valence-corrected chi connectivity index (χ1v) is 6.57. The Bertz CT molecular complexity index is 218. The van der Waals surface area contributed by atoms with E-state index in [9.17, 15) is 0 Å². The van der Waals surface area contributed by atoms with E-state index in [4.69, 9.17) is 5.11 Å². The molecule has 0 saturated heterocycles. The molecule has 1 N–H and O–H groups in total. The second-order valence-corrected chi connectivity index (χ2v) is 4.94. The van der Waals surface area contributed by atoms with Crippen LogP contribution in [-0.2, 0) is 0 Å². The Morgan fingerprint density at radius 2 is 2.23 bits per heavy atom. The molecule has 0 aliphatic carbocycles. The Morgan fingerprint density at radius 3 is 2.92 bits per heavy atom. The van der Waals surface area contributed by atoms with Crippen molar-refractivity contribution in [1.82, 2.24) is 4.98 Å². The van der Waals surface area contributed by atoms with Crippen LogP contribution in [0.15, 0.2) is 29.4 Å². The van der Waals surface area contributed by atoms with E-state index in [0.29, 0.717) is 6.61 Å². The molecule has 0 aromatic carbocycles. The fourth-order valence-electron chi connectivity index (χ4n) is 0.771. The maximum atomic E-state index is 8.55. The number of pyridine rings is 1. The van der Waals surface area contributed by atoms with E-state index in [1.807, 2.05) is 18.2 Å². The summed E-state index contributed by atoms with van der Waals surface area (Å²) in [7, 11) is 3.48. The molecule has 1 rings (SSSR count). The summed E-state index contributed by atoms with van der Waals surface area (Å²) < 4.78 is 0. The fraction of sp³-hybridized carbons (Fsp3) is 0.444. The van der Waals surface area contributed by atoms with Crippen molar-refractivity contribution < 1.29 is 5.11 Å². The van der Waals surface area contributed by atoms with Crippen LogP contribution in [0.2, 0.25) is 0 Å². The standard InChI is InChI=1S/C9H13NOS2/c11-7-3-4-8-12-13-9-5-1-2-6-10-9/h1-2,5-6,11H,3-4,7-8H2. The SMILES string of the molecule is OCCCCSSc1ccccn1. The smallest absolute Gasteiger partial charge is 0.106 e. The van der Waals surface area contributed by atoms with Crippen LogP contribution in [0.3, 0.4) is 0 Å². The number of aliphatic hydroxyl groups is 1. The summed E-state index contributed by atoms with van der Waals surface area (Å²) in [5.41, 5.74) is 0. The summed E-state index contributed by atoms with van der Waals surface area (Å²) in [6, 6.07) is 5.91. The van der Waals surface area contributed by atoms with Crippen LogP contribution in [0.4, 0.5) is 0 Å². The Labute approximate surface area is 86.6 Å². The van der Waals surface area contributed by atoms with Gasteiger partial charge in [0.05, 0.1) is 0 Å². The molecule has 1 aromatic heterocycles. The third-order valence-electron chi connectivity index (χ3n) is 1.42. The monoisotopic (exact) mass is 215 g/mol. The molecule has 0 radical (unpaired) electrons. The van der Waals surface area contributed by atoms with Gasteiger partial charge in [-0.05, 0) is 35.8 Å². The first-order valence-electron chi connectivity index (χ1n) is 4.25. The third kappa shape index (κ3) is 5.18. The molecule has 0 aliphatic heterocycles. The molecule has 4 heteroatoms. The normalized spacial score (nSPS) is 10.2. The summed E-state index contributed by atoms with van der Waals surface area (Å²) in [5.74, 6) is 1.07. The largest absolute Gasteiger partial charge is 0.396 e. The van der Waals surface area contributed by atoms with Gasteiger partial charge in [0.2, 0.25) is 0 Å². The number of unbranched alkanes of at least 4 members (excludes halogenated alkanes) is 1. The molecule has 13 heavy (non-hydrogen) atoms. The first-order chi connectivity index (χ1) is 6.43. The van der Waals surface area contributed by atoms with E-state index in [1.165, 1.54) is 0 Å².